The molecule has 20 heavy (non-hydrogen) atoms. The van der Waals surface area contributed by atoms with Crippen molar-refractivity contribution in [3.05, 3.63) is 38.9 Å². The molecule has 0 amide bonds. The molecule has 0 N–H and O–H groups in total. The van der Waals surface area contributed by atoms with Gasteiger partial charge in [0.05, 0.1) is 23.7 Å². The molecule has 2 rings (SSSR count). The summed E-state index contributed by atoms with van der Waals surface area (Å²) in [5.41, 5.74) is 0.353. The van der Waals surface area contributed by atoms with Crippen LogP contribution in [0.1, 0.15) is 31.1 Å². The Balaban J connectivity index is 0.000000956. The first-order valence-electron chi connectivity index (χ1n) is 6.36. The average molecular weight is 341 g/mol. The van der Waals surface area contributed by atoms with Gasteiger partial charge in [-0.05, 0) is 28.9 Å². The largest absolute Gasteiger partial charge is 0.462 e. The number of aryl methyl sites for hydroxylation is 1. The Morgan fingerprint density at radius 2 is 2.10 bits per heavy atom. The lowest BCUT2D eigenvalue weighted by atomic mass is 10.2. The predicted octanol–water partition coefficient (Wildman–Crippen LogP) is 2.90. The number of ether oxygens (including phenoxy) is 1. The molecule has 2 aromatic heterocycles. The van der Waals surface area contributed by atoms with Crippen molar-refractivity contribution in [2.75, 3.05) is 6.61 Å². The summed E-state index contributed by atoms with van der Waals surface area (Å²) in [6.45, 7) is 5.93. The molecule has 5 nitrogen and oxygen atoms in total. The fraction of sp³-hybridized carbons (Fsp3) is 0.357. The number of nitrogens with zero attached hydrogens (tertiary/aromatic N) is 2. The summed E-state index contributed by atoms with van der Waals surface area (Å²) in [7, 11) is 1.75. The highest BCUT2D eigenvalue weighted by atomic mass is 79.9. The number of rotatable bonds is 2. The van der Waals surface area contributed by atoms with Crippen molar-refractivity contribution in [3.8, 4) is 0 Å². The van der Waals surface area contributed by atoms with Gasteiger partial charge >= 0.3 is 5.97 Å². The van der Waals surface area contributed by atoms with E-state index in [1.807, 2.05) is 13.8 Å². The number of fused-ring (bicyclic) bond motifs is 1. The second kappa shape index (κ2) is 7.19. The number of carbonyl (C=O) groups is 1. The molecule has 0 aromatic carbocycles. The van der Waals surface area contributed by atoms with Crippen molar-refractivity contribution in [2.45, 2.75) is 20.8 Å². The first kappa shape index (κ1) is 16.4. The quantitative estimate of drug-likeness (QED) is 0.622. The second-order valence-electron chi connectivity index (χ2n) is 3.73. The van der Waals surface area contributed by atoms with Gasteiger partial charge in [-0.3, -0.25) is 4.79 Å². The van der Waals surface area contributed by atoms with Crippen LogP contribution in [0.3, 0.4) is 0 Å². The molecule has 0 saturated heterocycles. The number of hydrogen-bond acceptors (Lipinski definition) is 4. The molecule has 0 aliphatic carbocycles. The van der Waals surface area contributed by atoms with E-state index in [9.17, 15) is 9.59 Å². The maximum absolute atomic E-state index is 12.2. The van der Waals surface area contributed by atoms with E-state index in [0.29, 0.717) is 15.5 Å². The molecule has 0 fully saturated rings. The van der Waals surface area contributed by atoms with E-state index in [1.165, 1.54) is 6.20 Å². The van der Waals surface area contributed by atoms with Gasteiger partial charge < -0.3 is 9.30 Å². The summed E-state index contributed by atoms with van der Waals surface area (Å²) in [5.74, 6) is -0.604. The first-order valence-corrected chi connectivity index (χ1v) is 7.16. The molecule has 0 atom stereocenters. The minimum Gasteiger partial charge on any atom is -0.462 e. The van der Waals surface area contributed by atoms with E-state index in [4.69, 9.17) is 4.74 Å². The van der Waals surface area contributed by atoms with Gasteiger partial charge in [0, 0.05) is 13.2 Å². The van der Waals surface area contributed by atoms with Crippen LogP contribution < -0.4 is 5.43 Å². The van der Waals surface area contributed by atoms with Crippen LogP contribution in [0, 0.1) is 0 Å². The Hall–Kier alpha value is -1.69. The summed E-state index contributed by atoms with van der Waals surface area (Å²) in [6.07, 6.45) is 3.05. The van der Waals surface area contributed by atoms with Gasteiger partial charge in [-0.25, -0.2) is 9.78 Å². The van der Waals surface area contributed by atoms with Crippen LogP contribution in [-0.4, -0.2) is 22.1 Å². The minimum atomic E-state index is -0.604. The van der Waals surface area contributed by atoms with Crippen LogP contribution in [-0.2, 0) is 11.8 Å². The van der Waals surface area contributed by atoms with Crippen molar-refractivity contribution in [2.24, 2.45) is 7.05 Å². The zero-order valence-electron chi connectivity index (χ0n) is 11.9. The summed E-state index contributed by atoms with van der Waals surface area (Å²) >= 11 is 3.21. The average Bonchev–Trinajstić information content (AvgIpc) is 2.45. The summed E-state index contributed by atoms with van der Waals surface area (Å²) in [5, 5.41) is 0.435. The lowest BCUT2D eigenvalue weighted by Gasteiger charge is -2.08. The van der Waals surface area contributed by atoms with Crippen LogP contribution in [0.15, 0.2) is 27.9 Å². The first-order chi connectivity index (χ1) is 9.54. The highest BCUT2D eigenvalue weighted by molar-refractivity contribution is 9.10. The number of esters is 1. The van der Waals surface area contributed by atoms with Gasteiger partial charge in [0.2, 0.25) is 5.43 Å². The molecule has 2 heterocycles. The zero-order valence-corrected chi connectivity index (χ0v) is 13.5. The molecule has 0 unspecified atom stereocenters. The monoisotopic (exact) mass is 340 g/mol. The third kappa shape index (κ3) is 3.25. The van der Waals surface area contributed by atoms with Crippen LogP contribution in [0.25, 0.3) is 10.9 Å². The van der Waals surface area contributed by atoms with Gasteiger partial charge in [-0.2, -0.15) is 0 Å². The molecule has 0 bridgehead atoms. The standard InChI is InChI=1S/C12H11BrN2O3.C2H6/c1-3-18-12(17)8-6-15(2)9-5-14-10(13)4-7(9)11(8)16;1-2/h4-6H,3H2,1-2H3;1-2H3. The van der Waals surface area contributed by atoms with Crippen molar-refractivity contribution >= 4 is 32.8 Å². The van der Waals surface area contributed by atoms with Gasteiger partial charge in [0.15, 0.2) is 0 Å². The third-order valence-corrected chi connectivity index (χ3v) is 2.97. The maximum atomic E-state index is 12.2. The Bertz CT molecular complexity index is 680. The van der Waals surface area contributed by atoms with E-state index >= 15 is 0 Å². The van der Waals surface area contributed by atoms with Crippen molar-refractivity contribution in [1.29, 1.82) is 0 Å². The highest BCUT2D eigenvalue weighted by Crippen LogP contribution is 2.14. The third-order valence-electron chi connectivity index (χ3n) is 2.54. The summed E-state index contributed by atoms with van der Waals surface area (Å²) in [4.78, 5) is 27.9. The van der Waals surface area contributed by atoms with E-state index in [0.717, 1.165) is 0 Å². The van der Waals surface area contributed by atoms with Crippen LogP contribution in [0.2, 0.25) is 0 Å². The molecule has 0 aliphatic heterocycles. The maximum Gasteiger partial charge on any atom is 0.343 e. The van der Waals surface area contributed by atoms with Crippen LogP contribution >= 0.6 is 15.9 Å². The lowest BCUT2D eigenvalue weighted by molar-refractivity contribution is 0.0524. The van der Waals surface area contributed by atoms with Crippen LogP contribution in [0.5, 0.6) is 0 Å². The van der Waals surface area contributed by atoms with Gasteiger partial charge in [-0.1, -0.05) is 13.8 Å². The number of hydrogen-bond donors (Lipinski definition) is 0. The highest BCUT2D eigenvalue weighted by Gasteiger charge is 2.15. The van der Waals surface area contributed by atoms with E-state index < -0.39 is 5.97 Å². The number of halogens is 1. The smallest absolute Gasteiger partial charge is 0.343 e. The molecular weight excluding hydrogens is 324 g/mol. The number of carbonyl (C=O) groups excluding carboxylic acids is 1. The number of aromatic nitrogens is 2. The SMILES string of the molecule is CC.CCOC(=O)c1cn(C)c2cnc(Br)cc2c1=O. The Morgan fingerprint density at radius 3 is 2.70 bits per heavy atom. The molecule has 0 radical (unpaired) electrons. The Labute approximate surface area is 125 Å². The van der Waals surface area contributed by atoms with E-state index in [1.54, 1.807) is 30.8 Å². The minimum absolute atomic E-state index is 0.0324. The van der Waals surface area contributed by atoms with E-state index in [2.05, 4.69) is 20.9 Å². The topological polar surface area (TPSA) is 61.2 Å². The Kier molecular flexibility index (Phi) is 5.88. The summed E-state index contributed by atoms with van der Waals surface area (Å²) in [6, 6.07) is 1.60. The molecular formula is C14H17BrN2O3. The molecule has 0 spiro atoms. The van der Waals surface area contributed by atoms with Crippen molar-refractivity contribution in [1.82, 2.24) is 9.55 Å². The molecule has 0 saturated carbocycles. The van der Waals surface area contributed by atoms with Crippen molar-refractivity contribution in [3.63, 3.8) is 0 Å². The number of pyridine rings is 2. The molecule has 2 aromatic rings. The molecule has 6 heteroatoms. The van der Waals surface area contributed by atoms with Gasteiger partial charge in [-0.15, -0.1) is 0 Å². The van der Waals surface area contributed by atoms with Gasteiger partial charge in [0.1, 0.15) is 10.2 Å². The fourth-order valence-corrected chi connectivity index (χ4v) is 2.04. The van der Waals surface area contributed by atoms with Crippen molar-refractivity contribution < 1.29 is 9.53 Å². The lowest BCUT2D eigenvalue weighted by Crippen LogP contribution is -2.20. The Morgan fingerprint density at radius 1 is 1.45 bits per heavy atom. The fourth-order valence-electron chi connectivity index (χ4n) is 1.71. The van der Waals surface area contributed by atoms with E-state index in [-0.39, 0.29) is 17.6 Å². The van der Waals surface area contributed by atoms with Gasteiger partial charge in [0.25, 0.3) is 0 Å². The molecule has 108 valence electrons. The normalized spacial score (nSPS) is 9.85. The molecule has 0 aliphatic rings. The second-order valence-corrected chi connectivity index (χ2v) is 4.54. The summed E-state index contributed by atoms with van der Waals surface area (Å²) < 4.78 is 7.10. The predicted molar refractivity (Wildman–Crippen MR) is 82.0 cm³/mol. The van der Waals surface area contributed by atoms with Crippen LogP contribution in [0.4, 0.5) is 0 Å². The zero-order chi connectivity index (χ0) is 15.3.